The quantitative estimate of drug-likeness (QED) is 0.564. The normalized spacial score (nSPS) is 12.0. The molecule has 1 N–H and O–H groups in total. The summed E-state index contributed by atoms with van der Waals surface area (Å²) in [5.41, 5.74) is 3.67. The smallest absolute Gasteiger partial charge is 0.374 e. The number of halogens is 3. The second-order valence-electron chi connectivity index (χ2n) is 7.81. The number of nitrogens with one attached hydrogen (secondary N) is 1. The molecule has 0 fully saturated rings. The first kappa shape index (κ1) is 23.6. The number of aryl methyl sites for hydroxylation is 2. The summed E-state index contributed by atoms with van der Waals surface area (Å²) in [5.74, 6) is -1.51. The van der Waals surface area contributed by atoms with Gasteiger partial charge in [0.15, 0.2) is 0 Å². The van der Waals surface area contributed by atoms with Crippen molar-refractivity contribution in [2.75, 3.05) is 0 Å². The lowest BCUT2D eigenvalue weighted by Crippen LogP contribution is -2.24. The van der Waals surface area contributed by atoms with Gasteiger partial charge in [0, 0.05) is 24.4 Å². The molecule has 0 atom stereocenters. The zero-order valence-electron chi connectivity index (χ0n) is 18.5. The van der Waals surface area contributed by atoms with Crippen LogP contribution in [0.4, 0.5) is 13.2 Å². The Hall–Kier alpha value is -3.01. The van der Waals surface area contributed by atoms with Gasteiger partial charge in [-0.25, -0.2) is 9.50 Å². The molecule has 0 aliphatic rings. The van der Waals surface area contributed by atoms with E-state index in [0.29, 0.717) is 36.5 Å². The van der Waals surface area contributed by atoms with E-state index < -0.39 is 12.0 Å². The van der Waals surface area contributed by atoms with Gasteiger partial charge < -0.3 is 10.1 Å². The minimum atomic E-state index is -4.65. The first-order valence-corrected chi connectivity index (χ1v) is 10.3. The number of nitrogens with zero attached hydrogens (tertiary/aromatic N) is 4. The Balaban J connectivity index is 1.65. The third-order valence-electron chi connectivity index (χ3n) is 5.07. The van der Waals surface area contributed by atoms with Gasteiger partial charge in [-0.2, -0.15) is 18.2 Å². The van der Waals surface area contributed by atoms with Crippen molar-refractivity contribution >= 4 is 11.7 Å². The fourth-order valence-corrected chi connectivity index (χ4v) is 3.34. The highest BCUT2D eigenvalue weighted by Crippen LogP contribution is 2.27. The molecule has 0 unspecified atom stereocenters. The van der Waals surface area contributed by atoms with Gasteiger partial charge in [-0.15, -0.1) is 5.10 Å². The Bertz CT molecular complexity index is 1110. The van der Waals surface area contributed by atoms with Gasteiger partial charge in [-0.3, -0.25) is 4.79 Å². The number of amides is 1. The van der Waals surface area contributed by atoms with Crippen LogP contribution in [0.15, 0.2) is 24.3 Å². The number of hydrogen-bond donors (Lipinski definition) is 1. The van der Waals surface area contributed by atoms with Gasteiger partial charge in [0.25, 0.3) is 11.6 Å². The van der Waals surface area contributed by atoms with Crippen molar-refractivity contribution in [3.63, 3.8) is 0 Å². The number of ether oxygens (including phenoxy) is 1. The molecule has 2 aromatic heterocycles. The molecule has 0 saturated heterocycles. The predicted molar refractivity (Wildman–Crippen MR) is 112 cm³/mol. The van der Waals surface area contributed by atoms with Crippen LogP contribution in [0.2, 0.25) is 0 Å². The van der Waals surface area contributed by atoms with E-state index in [9.17, 15) is 18.0 Å². The van der Waals surface area contributed by atoms with Gasteiger partial charge in [0.2, 0.25) is 5.91 Å². The van der Waals surface area contributed by atoms with E-state index in [2.05, 4.69) is 20.4 Å². The van der Waals surface area contributed by atoms with E-state index >= 15 is 0 Å². The molecule has 10 heteroatoms. The highest BCUT2D eigenvalue weighted by atomic mass is 19.4. The van der Waals surface area contributed by atoms with Crippen molar-refractivity contribution in [3.05, 3.63) is 58.2 Å². The minimum Gasteiger partial charge on any atom is -0.374 e. The number of rotatable bonds is 8. The lowest BCUT2D eigenvalue weighted by atomic mass is 10.1. The number of carbonyl (C=O) groups is 1. The van der Waals surface area contributed by atoms with Crippen LogP contribution in [0.5, 0.6) is 0 Å². The topological polar surface area (TPSA) is 81.4 Å². The molecule has 32 heavy (non-hydrogen) atoms. The van der Waals surface area contributed by atoms with Crippen molar-refractivity contribution in [1.82, 2.24) is 24.9 Å². The van der Waals surface area contributed by atoms with Crippen LogP contribution in [0.25, 0.3) is 5.78 Å². The molecule has 0 aliphatic carbocycles. The van der Waals surface area contributed by atoms with E-state index in [-0.39, 0.29) is 24.2 Å². The van der Waals surface area contributed by atoms with Gasteiger partial charge >= 0.3 is 6.18 Å². The summed E-state index contributed by atoms with van der Waals surface area (Å²) in [6.07, 6.45) is -4.05. The molecule has 1 amide bonds. The molecule has 2 heterocycles. The monoisotopic (exact) mass is 449 g/mol. The number of carbonyl (C=O) groups excluding carboxylic acids is 1. The molecule has 1 aromatic carbocycles. The first-order valence-electron chi connectivity index (χ1n) is 10.3. The molecule has 3 rings (SSSR count). The van der Waals surface area contributed by atoms with Gasteiger partial charge in [-0.1, -0.05) is 24.3 Å². The number of hydrogen-bond acceptors (Lipinski definition) is 5. The van der Waals surface area contributed by atoms with E-state index in [1.54, 1.807) is 13.8 Å². The van der Waals surface area contributed by atoms with Crippen molar-refractivity contribution in [3.8, 4) is 0 Å². The second-order valence-corrected chi connectivity index (χ2v) is 7.81. The summed E-state index contributed by atoms with van der Waals surface area (Å²) in [4.78, 5) is 20.0. The largest absolute Gasteiger partial charge is 0.453 e. The Labute approximate surface area is 184 Å². The van der Waals surface area contributed by atoms with Gasteiger partial charge in [-0.05, 0) is 50.8 Å². The molecule has 0 saturated carbocycles. The fourth-order valence-electron chi connectivity index (χ4n) is 3.34. The maximum absolute atomic E-state index is 12.9. The van der Waals surface area contributed by atoms with Crippen LogP contribution in [0, 0.1) is 13.8 Å². The molecule has 172 valence electrons. The molecular weight excluding hydrogens is 423 g/mol. The predicted octanol–water partition coefficient (Wildman–Crippen LogP) is 3.93. The Morgan fingerprint density at radius 1 is 1.16 bits per heavy atom. The summed E-state index contributed by atoms with van der Waals surface area (Å²) in [6, 6.07) is 7.73. The summed E-state index contributed by atoms with van der Waals surface area (Å²) >= 11 is 0. The minimum absolute atomic E-state index is 0.104. The zero-order valence-corrected chi connectivity index (χ0v) is 18.5. The molecular formula is C22H26F3N5O2. The van der Waals surface area contributed by atoms with Gasteiger partial charge in [0.05, 0.1) is 12.7 Å². The number of aromatic nitrogens is 4. The summed E-state index contributed by atoms with van der Waals surface area (Å²) in [6.45, 7) is 8.09. The van der Waals surface area contributed by atoms with Crippen LogP contribution in [0.1, 0.15) is 54.2 Å². The van der Waals surface area contributed by atoms with Crippen molar-refractivity contribution in [1.29, 1.82) is 0 Å². The van der Waals surface area contributed by atoms with Crippen molar-refractivity contribution in [2.24, 2.45) is 0 Å². The average molecular weight is 449 g/mol. The Kier molecular flexibility index (Phi) is 7.12. The third kappa shape index (κ3) is 5.61. The molecule has 0 spiro atoms. The molecule has 3 aromatic rings. The highest BCUT2D eigenvalue weighted by molar-refractivity contribution is 5.76. The maximum atomic E-state index is 12.9. The van der Waals surface area contributed by atoms with Crippen LogP contribution in [-0.2, 0) is 35.3 Å². The number of benzene rings is 1. The highest BCUT2D eigenvalue weighted by Gasteiger charge is 2.37. The fraction of sp³-hybridized carbons (Fsp3) is 0.455. The Morgan fingerprint density at radius 2 is 1.84 bits per heavy atom. The molecule has 0 aliphatic heterocycles. The summed E-state index contributed by atoms with van der Waals surface area (Å²) in [5, 5.41) is 6.43. The SMILES string of the molecule is Cc1nc2nc(C(F)(F)F)nn2c(C)c1CCC(=O)NCc1ccccc1COC(C)C. The van der Waals surface area contributed by atoms with Crippen molar-refractivity contribution < 1.29 is 22.7 Å². The first-order chi connectivity index (χ1) is 15.1. The van der Waals surface area contributed by atoms with Gasteiger partial charge in [0.1, 0.15) is 0 Å². The molecule has 0 bridgehead atoms. The summed E-state index contributed by atoms with van der Waals surface area (Å²) < 4.78 is 45.5. The van der Waals surface area contributed by atoms with Crippen LogP contribution in [-0.4, -0.2) is 31.6 Å². The van der Waals surface area contributed by atoms with E-state index in [1.807, 2.05) is 38.1 Å². The van der Waals surface area contributed by atoms with Crippen molar-refractivity contribution in [2.45, 2.75) is 66.0 Å². The molecule has 0 radical (unpaired) electrons. The van der Waals surface area contributed by atoms with Crippen LogP contribution >= 0.6 is 0 Å². The zero-order chi connectivity index (χ0) is 23.5. The third-order valence-corrected chi connectivity index (χ3v) is 5.07. The second kappa shape index (κ2) is 9.64. The van der Waals surface area contributed by atoms with Crippen LogP contribution < -0.4 is 5.32 Å². The molecule has 7 nitrogen and oxygen atoms in total. The van der Waals surface area contributed by atoms with Crippen LogP contribution in [0.3, 0.4) is 0 Å². The van der Waals surface area contributed by atoms with E-state index in [1.165, 1.54) is 0 Å². The standard InChI is InChI=1S/C22H26F3N5O2/c1-13(2)32-12-17-8-6-5-7-16(17)11-26-19(31)10-9-18-14(3)27-21-28-20(22(23,24)25)29-30(21)15(18)4/h5-8,13H,9-12H2,1-4H3,(H,26,31). The Morgan fingerprint density at radius 3 is 2.50 bits per heavy atom. The lowest BCUT2D eigenvalue weighted by molar-refractivity contribution is -0.144. The van der Waals surface area contributed by atoms with E-state index in [0.717, 1.165) is 15.6 Å². The lowest BCUT2D eigenvalue weighted by Gasteiger charge is -2.13. The maximum Gasteiger partial charge on any atom is 0.453 e. The number of alkyl halides is 3. The number of fused-ring (bicyclic) bond motifs is 1. The average Bonchev–Trinajstić information content (AvgIpc) is 3.16. The van der Waals surface area contributed by atoms with E-state index in [4.69, 9.17) is 4.74 Å². The summed E-state index contributed by atoms with van der Waals surface area (Å²) in [7, 11) is 0.